The third kappa shape index (κ3) is 3.96. The van der Waals surface area contributed by atoms with Crippen LogP contribution in [-0.2, 0) is 4.79 Å². The van der Waals surface area contributed by atoms with Gasteiger partial charge in [0.25, 0.3) is 0 Å². The second kappa shape index (κ2) is 6.68. The van der Waals surface area contributed by atoms with E-state index in [9.17, 15) is 4.79 Å². The van der Waals surface area contributed by atoms with Gasteiger partial charge in [-0.25, -0.2) is 0 Å². The number of hydrogen-bond donors (Lipinski definition) is 0. The Bertz CT molecular complexity index is 266. The van der Waals surface area contributed by atoms with Crippen molar-refractivity contribution in [1.29, 1.82) is 5.26 Å². The quantitative estimate of drug-likeness (QED) is 0.620. The molecule has 0 aromatic rings. The van der Waals surface area contributed by atoms with Crippen LogP contribution in [0.15, 0.2) is 0 Å². The molecule has 2 heteroatoms. The third-order valence-corrected chi connectivity index (χ3v) is 3.69. The first-order valence-electron chi connectivity index (χ1n) is 6.63. The van der Waals surface area contributed by atoms with Gasteiger partial charge in [-0.3, -0.25) is 4.79 Å². The maximum Gasteiger partial charge on any atom is 0.152 e. The first kappa shape index (κ1) is 13.2. The molecule has 0 saturated heterocycles. The zero-order chi connectivity index (χ0) is 11.9. The van der Waals surface area contributed by atoms with Gasteiger partial charge in [-0.2, -0.15) is 5.26 Å². The minimum atomic E-state index is -0.709. The molecule has 1 fully saturated rings. The summed E-state index contributed by atoms with van der Waals surface area (Å²) < 4.78 is 0. The van der Waals surface area contributed by atoms with Crippen molar-refractivity contribution in [3.63, 3.8) is 0 Å². The van der Waals surface area contributed by atoms with E-state index in [4.69, 9.17) is 5.26 Å². The van der Waals surface area contributed by atoms with Crippen molar-refractivity contribution in [2.75, 3.05) is 0 Å². The number of carbonyl (C=O) groups is 1. The number of rotatable bonds is 0. The Balaban J connectivity index is 2.54. The number of nitrogens with zero attached hydrogens (tertiary/aromatic N) is 1. The Labute approximate surface area is 99.0 Å². The van der Waals surface area contributed by atoms with Crippen LogP contribution in [0, 0.1) is 16.7 Å². The number of hydrogen-bond acceptors (Lipinski definition) is 2. The summed E-state index contributed by atoms with van der Waals surface area (Å²) in [5.41, 5.74) is -0.709. The normalized spacial score (nSPS) is 29.9. The standard InChI is InChI=1S/C14H23NO/c1-14(12-15)11-9-7-5-3-2-4-6-8-10-13(14)16/h2-11H2,1H3. The van der Waals surface area contributed by atoms with E-state index in [0.717, 1.165) is 25.7 Å². The van der Waals surface area contributed by atoms with Crippen LogP contribution < -0.4 is 0 Å². The van der Waals surface area contributed by atoms with Crippen LogP contribution in [0.3, 0.4) is 0 Å². The van der Waals surface area contributed by atoms with Gasteiger partial charge in [0, 0.05) is 6.42 Å². The average molecular weight is 221 g/mol. The van der Waals surface area contributed by atoms with E-state index >= 15 is 0 Å². The van der Waals surface area contributed by atoms with E-state index < -0.39 is 5.41 Å². The van der Waals surface area contributed by atoms with Gasteiger partial charge in [0.1, 0.15) is 5.41 Å². The highest BCUT2D eigenvalue weighted by Gasteiger charge is 2.31. The molecule has 2 nitrogen and oxygen atoms in total. The molecule has 0 spiro atoms. The average Bonchev–Trinajstić information content (AvgIpc) is 2.29. The highest BCUT2D eigenvalue weighted by molar-refractivity contribution is 5.86. The van der Waals surface area contributed by atoms with Crippen molar-refractivity contribution in [3.8, 4) is 6.07 Å². The highest BCUT2D eigenvalue weighted by atomic mass is 16.1. The van der Waals surface area contributed by atoms with Gasteiger partial charge < -0.3 is 0 Å². The predicted molar refractivity (Wildman–Crippen MR) is 64.9 cm³/mol. The smallest absolute Gasteiger partial charge is 0.152 e. The largest absolute Gasteiger partial charge is 0.298 e. The monoisotopic (exact) mass is 221 g/mol. The molecule has 0 heterocycles. The summed E-state index contributed by atoms with van der Waals surface area (Å²) >= 11 is 0. The molecule has 1 atom stereocenters. The van der Waals surface area contributed by atoms with Crippen LogP contribution in [0.2, 0.25) is 0 Å². The van der Waals surface area contributed by atoms with E-state index in [1.54, 1.807) is 0 Å². The molecule has 0 N–H and O–H groups in total. The van der Waals surface area contributed by atoms with E-state index in [1.807, 2.05) is 6.92 Å². The zero-order valence-electron chi connectivity index (χ0n) is 10.4. The van der Waals surface area contributed by atoms with Gasteiger partial charge >= 0.3 is 0 Å². The predicted octanol–water partition coefficient (Wildman–Crippen LogP) is 4.00. The van der Waals surface area contributed by atoms with E-state index in [2.05, 4.69) is 6.07 Å². The molecule has 1 aliphatic rings. The Hall–Kier alpha value is -0.840. The SMILES string of the molecule is CC1(C#N)CCCCCCCCCCC1=O. The van der Waals surface area contributed by atoms with E-state index in [-0.39, 0.29) is 5.78 Å². The van der Waals surface area contributed by atoms with Gasteiger partial charge in [-0.15, -0.1) is 0 Å². The summed E-state index contributed by atoms with van der Waals surface area (Å²) in [6, 6.07) is 2.23. The van der Waals surface area contributed by atoms with Crippen molar-refractivity contribution < 1.29 is 4.79 Å². The van der Waals surface area contributed by atoms with Gasteiger partial charge in [0.05, 0.1) is 6.07 Å². The lowest BCUT2D eigenvalue weighted by atomic mass is 9.79. The summed E-state index contributed by atoms with van der Waals surface area (Å²) in [6.07, 6.45) is 10.8. The van der Waals surface area contributed by atoms with Gasteiger partial charge in [-0.05, 0) is 19.8 Å². The Morgan fingerprint density at radius 1 is 1.00 bits per heavy atom. The lowest BCUT2D eigenvalue weighted by Crippen LogP contribution is -2.26. The molecule has 1 aliphatic carbocycles. The Kier molecular flexibility index (Phi) is 5.52. The lowest BCUT2D eigenvalue weighted by Gasteiger charge is -2.20. The molecule has 0 aromatic heterocycles. The van der Waals surface area contributed by atoms with Crippen molar-refractivity contribution >= 4 is 5.78 Å². The van der Waals surface area contributed by atoms with Crippen molar-refractivity contribution in [2.24, 2.45) is 5.41 Å². The summed E-state index contributed by atoms with van der Waals surface area (Å²) in [5.74, 6) is 0.163. The number of nitriles is 1. The lowest BCUT2D eigenvalue weighted by molar-refractivity contribution is -0.125. The van der Waals surface area contributed by atoms with E-state index in [1.165, 1.54) is 32.1 Å². The topological polar surface area (TPSA) is 40.9 Å². The van der Waals surface area contributed by atoms with Crippen LogP contribution in [0.25, 0.3) is 0 Å². The minimum Gasteiger partial charge on any atom is -0.298 e. The van der Waals surface area contributed by atoms with Crippen LogP contribution in [0.1, 0.15) is 71.1 Å². The van der Waals surface area contributed by atoms with Crippen molar-refractivity contribution in [2.45, 2.75) is 71.1 Å². The Morgan fingerprint density at radius 2 is 1.50 bits per heavy atom. The molecule has 1 rings (SSSR count). The molecule has 1 saturated carbocycles. The summed E-state index contributed by atoms with van der Waals surface area (Å²) in [6.45, 7) is 1.82. The molecule has 16 heavy (non-hydrogen) atoms. The zero-order valence-corrected chi connectivity index (χ0v) is 10.4. The fraction of sp³-hybridized carbons (Fsp3) is 0.857. The molecule has 1 unspecified atom stereocenters. The highest BCUT2D eigenvalue weighted by Crippen LogP contribution is 2.28. The molecule has 0 amide bonds. The molecular formula is C14H23NO. The first-order valence-corrected chi connectivity index (χ1v) is 6.63. The number of Topliss-reactive ketones (excluding diaryl/α,β-unsaturated/α-hetero) is 1. The molecule has 0 aliphatic heterocycles. The first-order chi connectivity index (χ1) is 7.69. The molecule has 0 bridgehead atoms. The van der Waals surface area contributed by atoms with Gasteiger partial charge in [-0.1, -0.05) is 44.9 Å². The second-order valence-corrected chi connectivity index (χ2v) is 5.20. The third-order valence-electron chi connectivity index (χ3n) is 3.69. The van der Waals surface area contributed by atoms with Crippen molar-refractivity contribution in [3.05, 3.63) is 0 Å². The Morgan fingerprint density at radius 3 is 2.06 bits per heavy atom. The van der Waals surface area contributed by atoms with Crippen LogP contribution in [0.4, 0.5) is 0 Å². The van der Waals surface area contributed by atoms with Gasteiger partial charge in [0.2, 0.25) is 0 Å². The minimum absolute atomic E-state index is 0.163. The van der Waals surface area contributed by atoms with Crippen LogP contribution in [0.5, 0.6) is 0 Å². The van der Waals surface area contributed by atoms with E-state index in [0.29, 0.717) is 6.42 Å². The molecule has 0 radical (unpaired) electrons. The fourth-order valence-corrected chi connectivity index (χ4v) is 2.36. The summed E-state index contributed by atoms with van der Waals surface area (Å²) in [5, 5.41) is 9.15. The van der Waals surface area contributed by atoms with Gasteiger partial charge in [0.15, 0.2) is 5.78 Å². The van der Waals surface area contributed by atoms with Crippen LogP contribution in [-0.4, -0.2) is 5.78 Å². The fourth-order valence-electron chi connectivity index (χ4n) is 2.36. The maximum absolute atomic E-state index is 12.0. The van der Waals surface area contributed by atoms with Crippen LogP contribution >= 0.6 is 0 Å². The molecule has 0 aromatic carbocycles. The number of carbonyl (C=O) groups excluding carboxylic acids is 1. The molecular weight excluding hydrogens is 198 g/mol. The maximum atomic E-state index is 12.0. The van der Waals surface area contributed by atoms with Crippen molar-refractivity contribution in [1.82, 2.24) is 0 Å². The second-order valence-electron chi connectivity index (χ2n) is 5.20. The number of ketones is 1. The summed E-state index contributed by atoms with van der Waals surface area (Å²) in [7, 11) is 0. The molecule has 90 valence electrons. The summed E-state index contributed by atoms with van der Waals surface area (Å²) in [4.78, 5) is 12.0.